The molecular weight excluding hydrogens is 256 g/mol. The Balaban J connectivity index is 1.54. The third kappa shape index (κ3) is 2.50. The lowest BCUT2D eigenvalue weighted by atomic mass is 10.6. The Kier molecular flexibility index (Phi) is 2.97. The van der Waals surface area contributed by atoms with Crippen molar-refractivity contribution in [2.45, 2.75) is 24.0 Å². The average molecular weight is 266 g/mol. The zero-order valence-electron chi connectivity index (χ0n) is 9.31. The molecule has 18 heavy (non-hydrogen) atoms. The fourth-order valence-corrected chi connectivity index (χ4v) is 2.16. The van der Waals surface area contributed by atoms with Crippen LogP contribution in [-0.2, 0) is 4.79 Å². The summed E-state index contributed by atoms with van der Waals surface area (Å²) in [5, 5.41) is 18.3. The molecule has 3 rings (SSSR count). The number of rotatable bonds is 5. The number of amides is 1. The van der Waals surface area contributed by atoms with Crippen LogP contribution in [0.2, 0.25) is 0 Å². The summed E-state index contributed by atoms with van der Waals surface area (Å²) in [6, 6.07) is 1.98. The molecule has 2 aromatic rings. The van der Waals surface area contributed by atoms with Gasteiger partial charge in [-0.2, -0.15) is 0 Å². The number of anilines is 1. The second-order valence-electron chi connectivity index (χ2n) is 3.86. The van der Waals surface area contributed by atoms with Gasteiger partial charge < -0.3 is 9.84 Å². The minimum atomic E-state index is -0.167. The lowest BCUT2D eigenvalue weighted by molar-refractivity contribution is -0.113. The van der Waals surface area contributed by atoms with E-state index in [1.807, 2.05) is 0 Å². The molecular formula is C9H10N6O2S. The average Bonchev–Trinajstić information content (AvgIpc) is 2.90. The third-order valence-electron chi connectivity index (χ3n) is 2.39. The second kappa shape index (κ2) is 4.77. The zero-order valence-corrected chi connectivity index (χ0v) is 10.1. The molecule has 0 unspecified atom stereocenters. The van der Waals surface area contributed by atoms with Crippen LogP contribution < -0.4 is 5.32 Å². The molecule has 0 aromatic carbocycles. The lowest BCUT2D eigenvalue weighted by Crippen LogP contribution is -2.14. The van der Waals surface area contributed by atoms with Crippen molar-refractivity contribution < 1.29 is 9.32 Å². The molecule has 1 saturated carbocycles. The maximum Gasteiger partial charge on any atom is 0.236 e. The van der Waals surface area contributed by atoms with Crippen LogP contribution in [0.4, 0.5) is 5.82 Å². The van der Waals surface area contributed by atoms with Crippen molar-refractivity contribution in [2.75, 3.05) is 11.1 Å². The number of nitrogens with one attached hydrogen (secondary N) is 1. The van der Waals surface area contributed by atoms with Gasteiger partial charge in [-0.3, -0.25) is 4.79 Å². The minimum Gasteiger partial charge on any atom is -0.363 e. The molecule has 0 atom stereocenters. The van der Waals surface area contributed by atoms with Gasteiger partial charge in [0.1, 0.15) is 6.26 Å². The molecule has 8 nitrogen and oxygen atoms in total. The van der Waals surface area contributed by atoms with Crippen molar-refractivity contribution in [2.24, 2.45) is 0 Å². The highest BCUT2D eigenvalue weighted by atomic mass is 32.2. The zero-order chi connectivity index (χ0) is 12.4. The standard InChI is InChI=1S/C9H10N6O2S/c16-8(10-7-3-4-17-12-7)5-18-9-11-13-14-15(9)6-1-2-6/h3-4,6H,1-2,5H2,(H,10,12,16). The van der Waals surface area contributed by atoms with E-state index in [9.17, 15) is 4.79 Å². The Labute approximate surface area is 106 Å². The lowest BCUT2D eigenvalue weighted by Gasteiger charge is -2.02. The Morgan fingerprint density at radius 2 is 2.50 bits per heavy atom. The van der Waals surface area contributed by atoms with Gasteiger partial charge in [0.25, 0.3) is 0 Å². The number of hydrogen-bond acceptors (Lipinski definition) is 7. The Morgan fingerprint density at radius 1 is 1.61 bits per heavy atom. The smallest absolute Gasteiger partial charge is 0.236 e. The van der Waals surface area contributed by atoms with E-state index in [0.29, 0.717) is 17.0 Å². The maximum absolute atomic E-state index is 11.6. The first-order valence-corrected chi connectivity index (χ1v) is 6.42. The van der Waals surface area contributed by atoms with E-state index in [0.717, 1.165) is 12.8 Å². The first-order chi connectivity index (χ1) is 8.83. The van der Waals surface area contributed by atoms with Crippen LogP contribution in [0.25, 0.3) is 0 Å². The molecule has 9 heteroatoms. The molecule has 2 heterocycles. The molecule has 1 amide bonds. The summed E-state index contributed by atoms with van der Waals surface area (Å²) in [4.78, 5) is 11.6. The molecule has 2 aromatic heterocycles. The van der Waals surface area contributed by atoms with E-state index in [4.69, 9.17) is 0 Å². The predicted octanol–water partition coefficient (Wildman–Crippen LogP) is 0.727. The van der Waals surface area contributed by atoms with Gasteiger partial charge in [-0.1, -0.05) is 16.9 Å². The highest BCUT2D eigenvalue weighted by molar-refractivity contribution is 7.99. The van der Waals surface area contributed by atoms with Crippen LogP contribution in [0.1, 0.15) is 18.9 Å². The normalized spacial score (nSPS) is 14.7. The molecule has 0 bridgehead atoms. The number of hydrogen-bond donors (Lipinski definition) is 1. The number of nitrogens with zero attached hydrogens (tertiary/aromatic N) is 5. The van der Waals surface area contributed by atoms with Crippen LogP contribution >= 0.6 is 11.8 Å². The fraction of sp³-hybridized carbons (Fsp3) is 0.444. The molecule has 0 radical (unpaired) electrons. The number of carbonyl (C=O) groups excluding carboxylic acids is 1. The summed E-state index contributed by atoms with van der Waals surface area (Å²) >= 11 is 1.31. The van der Waals surface area contributed by atoms with Gasteiger partial charge in [-0.25, -0.2) is 4.68 Å². The van der Waals surface area contributed by atoms with E-state index in [-0.39, 0.29) is 11.7 Å². The highest BCUT2D eigenvalue weighted by Gasteiger charge is 2.28. The van der Waals surface area contributed by atoms with E-state index < -0.39 is 0 Å². The van der Waals surface area contributed by atoms with Crippen molar-refractivity contribution in [3.63, 3.8) is 0 Å². The monoisotopic (exact) mass is 266 g/mol. The summed E-state index contributed by atoms with van der Waals surface area (Å²) in [5.41, 5.74) is 0. The number of carbonyl (C=O) groups is 1. The fourth-order valence-electron chi connectivity index (χ4n) is 1.41. The van der Waals surface area contributed by atoms with Gasteiger partial charge in [0, 0.05) is 6.07 Å². The second-order valence-corrected chi connectivity index (χ2v) is 4.80. The van der Waals surface area contributed by atoms with E-state index in [2.05, 4.69) is 30.5 Å². The van der Waals surface area contributed by atoms with Crippen LogP contribution in [-0.4, -0.2) is 37.0 Å². The Bertz CT molecular complexity index is 535. The molecule has 0 spiro atoms. The summed E-state index contributed by atoms with van der Waals surface area (Å²) in [6.45, 7) is 0. The largest absolute Gasteiger partial charge is 0.363 e. The van der Waals surface area contributed by atoms with Crippen LogP contribution in [0, 0.1) is 0 Å². The number of aromatic nitrogens is 5. The molecule has 94 valence electrons. The van der Waals surface area contributed by atoms with Crippen molar-refractivity contribution >= 4 is 23.5 Å². The maximum atomic E-state index is 11.6. The quantitative estimate of drug-likeness (QED) is 0.796. The number of thioether (sulfide) groups is 1. The topological polar surface area (TPSA) is 98.7 Å². The van der Waals surface area contributed by atoms with Crippen LogP contribution in [0.3, 0.4) is 0 Å². The van der Waals surface area contributed by atoms with E-state index in [1.54, 1.807) is 10.7 Å². The Morgan fingerprint density at radius 3 is 3.22 bits per heavy atom. The van der Waals surface area contributed by atoms with Gasteiger partial charge in [-0.15, -0.1) is 5.10 Å². The SMILES string of the molecule is O=C(CSc1nnnn1C1CC1)Nc1ccon1. The predicted molar refractivity (Wildman–Crippen MR) is 61.9 cm³/mol. The molecule has 1 aliphatic carbocycles. The molecule has 1 aliphatic rings. The summed E-state index contributed by atoms with van der Waals surface area (Å²) < 4.78 is 6.39. The van der Waals surface area contributed by atoms with Crippen molar-refractivity contribution in [1.29, 1.82) is 0 Å². The van der Waals surface area contributed by atoms with E-state index >= 15 is 0 Å². The first-order valence-electron chi connectivity index (χ1n) is 5.44. The van der Waals surface area contributed by atoms with Crippen molar-refractivity contribution in [3.05, 3.63) is 12.3 Å². The van der Waals surface area contributed by atoms with Gasteiger partial charge in [0.05, 0.1) is 11.8 Å². The molecule has 0 aliphatic heterocycles. The first kappa shape index (κ1) is 11.2. The van der Waals surface area contributed by atoms with Crippen molar-refractivity contribution in [1.82, 2.24) is 25.4 Å². The van der Waals surface area contributed by atoms with E-state index in [1.165, 1.54) is 18.0 Å². The third-order valence-corrected chi connectivity index (χ3v) is 3.33. The van der Waals surface area contributed by atoms with Crippen LogP contribution in [0.5, 0.6) is 0 Å². The van der Waals surface area contributed by atoms with Gasteiger partial charge in [0.15, 0.2) is 5.82 Å². The van der Waals surface area contributed by atoms with Crippen molar-refractivity contribution in [3.8, 4) is 0 Å². The summed E-state index contributed by atoms with van der Waals surface area (Å²) in [7, 11) is 0. The highest BCUT2D eigenvalue weighted by Crippen LogP contribution is 2.36. The number of tetrazole rings is 1. The summed E-state index contributed by atoms with van der Waals surface area (Å²) in [6.07, 6.45) is 3.60. The minimum absolute atomic E-state index is 0.167. The van der Waals surface area contributed by atoms with Gasteiger partial charge in [0.2, 0.25) is 11.1 Å². The molecule has 1 N–H and O–H groups in total. The summed E-state index contributed by atoms with van der Waals surface area (Å²) in [5.74, 6) is 0.474. The molecule has 0 saturated heterocycles. The molecule has 1 fully saturated rings. The van der Waals surface area contributed by atoms with Gasteiger partial charge in [-0.05, 0) is 23.3 Å². The van der Waals surface area contributed by atoms with Crippen LogP contribution in [0.15, 0.2) is 22.0 Å². The van der Waals surface area contributed by atoms with Gasteiger partial charge >= 0.3 is 0 Å². The Hall–Kier alpha value is -1.90.